The van der Waals surface area contributed by atoms with Crippen LogP contribution in [0.15, 0.2) is 48.5 Å². The van der Waals surface area contributed by atoms with Crippen molar-refractivity contribution in [3.63, 3.8) is 0 Å². The lowest BCUT2D eigenvalue weighted by Gasteiger charge is -2.33. The largest absolute Gasteiger partial charge is 0.307 e. The molecule has 2 amide bonds. The molecule has 2 aromatic rings. The second-order valence-electron chi connectivity index (χ2n) is 7.34. The van der Waals surface area contributed by atoms with Crippen molar-refractivity contribution < 1.29 is 14.0 Å². The molecule has 4 rings (SSSR count). The van der Waals surface area contributed by atoms with E-state index in [1.807, 2.05) is 51.8 Å². The molecule has 146 valence electrons. The van der Waals surface area contributed by atoms with Crippen molar-refractivity contribution in [3.05, 3.63) is 59.9 Å². The number of nitrogens with zero attached hydrogens (tertiary/aromatic N) is 2. The Balaban J connectivity index is 1.80. The second kappa shape index (κ2) is 8.19. The summed E-state index contributed by atoms with van der Waals surface area (Å²) in [5, 5.41) is 0. The first kappa shape index (κ1) is 19.4. The zero-order valence-electron chi connectivity index (χ0n) is 15.5. The van der Waals surface area contributed by atoms with E-state index in [9.17, 15) is 14.0 Å². The van der Waals surface area contributed by atoms with E-state index in [0.29, 0.717) is 5.69 Å². The lowest BCUT2D eigenvalue weighted by molar-refractivity contribution is -0.123. The minimum absolute atomic E-state index is 0.0874. The molecule has 1 fully saturated rings. The maximum absolute atomic E-state index is 13.9. The number of anilines is 2. The monoisotopic (exact) mass is 492 g/mol. The van der Waals surface area contributed by atoms with Crippen LogP contribution in [-0.4, -0.2) is 22.3 Å². The Labute approximate surface area is 177 Å². The summed E-state index contributed by atoms with van der Waals surface area (Å²) in [5.41, 5.74) is 2.12. The molecule has 1 aliphatic heterocycles. The highest BCUT2D eigenvalue weighted by molar-refractivity contribution is 14.1. The number of hydrogen-bond acceptors (Lipinski definition) is 2. The molecular weight excluding hydrogens is 470 g/mol. The van der Waals surface area contributed by atoms with Gasteiger partial charge in [0.2, 0.25) is 5.91 Å². The highest BCUT2D eigenvalue weighted by Crippen LogP contribution is 2.44. The molecule has 1 atom stereocenters. The van der Waals surface area contributed by atoms with Gasteiger partial charge in [0.25, 0.3) is 5.91 Å². The number of halogens is 2. The Morgan fingerprint density at radius 3 is 2.57 bits per heavy atom. The number of benzene rings is 2. The average molecular weight is 492 g/mol. The van der Waals surface area contributed by atoms with Crippen molar-refractivity contribution in [2.75, 3.05) is 14.2 Å². The Bertz CT molecular complexity index is 898. The topological polar surface area (TPSA) is 40.6 Å². The molecule has 28 heavy (non-hydrogen) atoms. The predicted molar refractivity (Wildman–Crippen MR) is 116 cm³/mol. The molecule has 2 aromatic carbocycles. The van der Waals surface area contributed by atoms with Crippen LogP contribution in [0.1, 0.15) is 43.7 Å². The fraction of sp³-hybridized carbons (Fsp3) is 0.364. The van der Waals surface area contributed by atoms with Crippen molar-refractivity contribution in [2.24, 2.45) is 0 Å². The maximum Gasteiger partial charge on any atom is 0.255 e. The Hall–Kier alpha value is -1.96. The van der Waals surface area contributed by atoms with Gasteiger partial charge in [0, 0.05) is 23.0 Å². The lowest BCUT2D eigenvalue weighted by atomic mass is 9.94. The maximum atomic E-state index is 13.9. The Morgan fingerprint density at radius 2 is 1.86 bits per heavy atom. The molecule has 0 spiro atoms. The normalized spacial score (nSPS) is 19.6. The molecule has 1 aliphatic carbocycles. The van der Waals surface area contributed by atoms with E-state index in [2.05, 4.69) is 0 Å². The fourth-order valence-electron chi connectivity index (χ4n) is 4.41. The van der Waals surface area contributed by atoms with E-state index in [0.717, 1.165) is 36.9 Å². The van der Waals surface area contributed by atoms with E-state index < -0.39 is 11.9 Å². The van der Waals surface area contributed by atoms with Crippen molar-refractivity contribution in [2.45, 2.75) is 44.2 Å². The third-order valence-corrected chi connectivity index (χ3v) is 6.28. The number of para-hydroxylation sites is 1. The molecule has 4 nitrogen and oxygen atoms in total. The van der Waals surface area contributed by atoms with Gasteiger partial charge in [-0.25, -0.2) is 4.39 Å². The summed E-state index contributed by atoms with van der Waals surface area (Å²) in [6.45, 7) is 0. The Kier molecular flexibility index (Phi) is 5.66. The third-order valence-electron chi connectivity index (χ3n) is 5.63. The number of rotatable bonds is 4. The predicted octanol–water partition coefficient (Wildman–Crippen LogP) is 5.01. The molecule has 0 bridgehead atoms. The molecule has 0 saturated heterocycles. The first-order valence-electron chi connectivity index (χ1n) is 9.67. The van der Waals surface area contributed by atoms with Gasteiger partial charge in [0.1, 0.15) is 11.9 Å². The number of alkyl halides is 1. The third kappa shape index (κ3) is 3.43. The molecule has 0 aromatic heterocycles. The summed E-state index contributed by atoms with van der Waals surface area (Å²) in [5.74, 6) is -0.716. The van der Waals surface area contributed by atoms with Crippen LogP contribution < -0.4 is 9.80 Å². The second-order valence-corrected chi connectivity index (χ2v) is 8.10. The highest BCUT2D eigenvalue weighted by atomic mass is 127. The van der Waals surface area contributed by atoms with Gasteiger partial charge in [-0.3, -0.25) is 14.5 Å². The summed E-state index contributed by atoms with van der Waals surface area (Å²) >= 11 is 2.00. The van der Waals surface area contributed by atoms with Crippen LogP contribution >= 0.6 is 22.6 Å². The smallest absolute Gasteiger partial charge is 0.255 e. The van der Waals surface area contributed by atoms with Gasteiger partial charge < -0.3 is 4.90 Å². The lowest BCUT2D eigenvalue weighted by Crippen LogP contribution is -2.45. The summed E-state index contributed by atoms with van der Waals surface area (Å²) in [6, 6.07) is 13.0. The van der Waals surface area contributed by atoms with E-state index >= 15 is 0 Å². The number of amides is 2. The minimum atomic E-state index is -0.748. The first-order valence-corrected chi connectivity index (χ1v) is 11.2. The minimum Gasteiger partial charge on any atom is -0.307 e. The van der Waals surface area contributed by atoms with Crippen molar-refractivity contribution >= 4 is 45.8 Å². The molecule has 0 radical (unpaired) electrons. The van der Waals surface area contributed by atoms with Crippen LogP contribution in [0, 0.1) is 5.82 Å². The van der Waals surface area contributed by atoms with Crippen LogP contribution in [-0.2, 0) is 9.59 Å². The summed E-state index contributed by atoms with van der Waals surface area (Å²) < 4.78 is 14.1. The van der Waals surface area contributed by atoms with Crippen LogP contribution in [0.3, 0.4) is 0 Å². The highest BCUT2D eigenvalue weighted by Gasteiger charge is 2.45. The number of carbonyl (C=O) groups is 2. The zero-order valence-corrected chi connectivity index (χ0v) is 17.6. The molecule has 1 unspecified atom stereocenters. The van der Waals surface area contributed by atoms with Gasteiger partial charge in [0.05, 0.1) is 4.43 Å². The van der Waals surface area contributed by atoms with E-state index in [1.165, 1.54) is 23.5 Å². The molecule has 1 saturated carbocycles. The van der Waals surface area contributed by atoms with Crippen LogP contribution in [0.4, 0.5) is 15.8 Å². The van der Waals surface area contributed by atoms with Gasteiger partial charge in [-0.1, -0.05) is 66.1 Å². The van der Waals surface area contributed by atoms with E-state index in [4.69, 9.17) is 0 Å². The van der Waals surface area contributed by atoms with Crippen molar-refractivity contribution in [1.82, 2.24) is 0 Å². The molecule has 2 aliphatic rings. The quantitative estimate of drug-likeness (QED) is 0.445. The van der Waals surface area contributed by atoms with Crippen LogP contribution in [0.5, 0.6) is 0 Å². The van der Waals surface area contributed by atoms with Gasteiger partial charge in [-0.2, -0.15) is 0 Å². The van der Waals surface area contributed by atoms with Crippen molar-refractivity contribution in [1.29, 1.82) is 0 Å². The van der Waals surface area contributed by atoms with Gasteiger partial charge in [-0.05, 0) is 37.1 Å². The fourth-order valence-corrected chi connectivity index (χ4v) is 4.78. The number of carbonyl (C=O) groups excluding carboxylic acids is 2. The average Bonchev–Trinajstić information content (AvgIpc) is 3.01. The Morgan fingerprint density at radius 1 is 1.11 bits per heavy atom. The summed E-state index contributed by atoms with van der Waals surface area (Å²) in [4.78, 5) is 29.9. The van der Waals surface area contributed by atoms with Crippen LogP contribution in [0.25, 0.3) is 0 Å². The van der Waals surface area contributed by atoms with Crippen LogP contribution in [0.2, 0.25) is 0 Å². The molecule has 6 heteroatoms. The molecular formula is C22H22FIN2O2. The van der Waals surface area contributed by atoms with E-state index in [1.54, 1.807) is 12.1 Å². The number of fused-ring (bicyclic) bond motifs is 1. The number of hydrogen-bond donors (Lipinski definition) is 0. The molecule has 0 N–H and O–H groups in total. The first-order chi connectivity index (χ1) is 13.6. The van der Waals surface area contributed by atoms with Gasteiger partial charge >= 0.3 is 0 Å². The van der Waals surface area contributed by atoms with Gasteiger partial charge in [-0.15, -0.1) is 0 Å². The summed E-state index contributed by atoms with van der Waals surface area (Å²) in [7, 11) is 0. The summed E-state index contributed by atoms with van der Waals surface area (Å²) in [6.07, 6.45) is 5.38. The van der Waals surface area contributed by atoms with Crippen molar-refractivity contribution in [3.8, 4) is 0 Å². The van der Waals surface area contributed by atoms with E-state index in [-0.39, 0.29) is 22.3 Å². The standard InChI is InChI=1S/C22H22FIN2O2/c23-15-7-6-10-17(13-15)26(20(27)14-24)21-18-11-4-5-12-19(18)25(22(21)28)16-8-2-1-3-9-16/h4-7,10-13,16,21H,1-3,8-9,14H2. The SMILES string of the molecule is O=C1C(N(C(=O)CI)c2cccc(F)c2)c2ccccc2N1C1CCCCC1. The zero-order chi connectivity index (χ0) is 19.7. The van der Waals surface area contributed by atoms with Gasteiger partial charge in [0.15, 0.2) is 0 Å². The molecule has 1 heterocycles.